The Kier molecular flexibility index (Phi) is 4.13. The summed E-state index contributed by atoms with van der Waals surface area (Å²) in [4.78, 5) is 3.81. The van der Waals surface area contributed by atoms with Gasteiger partial charge in [-0.3, -0.25) is 4.98 Å². The zero-order valence-electron chi connectivity index (χ0n) is 11.2. The van der Waals surface area contributed by atoms with Crippen LogP contribution in [0.1, 0.15) is 35.6 Å². The summed E-state index contributed by atoms with van der Waals surface area (Å²) in [5.74, 6) is 1.10. The van der Waals surface area contributed by atoms with Gasteiger partial charge >= 0.3 is 6.18 Å². The Labute approximate surface area is 114 Å². The highest BCUT2D eigenvalue weighted by molar-refractivity contribution is 5.34. The second-order valence-corrected chi connectivity index (χ2v) is 4.40. The standard InChI is InChI=1S/C14H15F3N2O/c1-3-19-13(12-5-4-9(2)20-12)10-8-18-7-6-11(10)14(15,16)17/h4-8,13,19H,3H2,1-2H3. The summed E-state index contributed by atoms with van der Waals surface area (Å²) in [6.45, 7) is 4.09. The van der Waals surface area contributed by atoms with E-state index in [0.717, 1.165) is 12.3 Å². The van der Waals surface area contributed by atoms with Gasteiger partial charge in [0.25, 0.3) is 0 Å². The summed E-state index contributed by atoms with van der Waals surface area (Å²) < 4.78 is 44.7. The van der Waals surface area contributed by atoms with E-state index in [1.165, 1.54) is 6.20 Å². The third kappa shape index (κ3) is 3.01. The van der Waals surface area contributed by atoms with Gasteiger partial charge in [0.2, 0.25) is 0 Å². The molecular formula is C14H15F3N2O. The van der Waals surface area contributed by atoms with Crippen molar-refractivity contribution in [2.75, 3.05) is 6.54 Å². The van der Waals surface area contributed by atoms with E-state index in [9.17, 15) is 13.2 Å². The van der Waals surface area contributed by atoms with Crippen molar-refractivity contribution >= 4 is 0 Å². The molecule has 108 valence electrons. The number of furan rings is 1. The SMILES string of the molecule is CCNC(c1ccc(C)o1)c1cnccc1C(F)(F)F. The zero-order chi connectivity index (χ0) is 14.8. The number of aromatic nitrogens is 1. The van der Waals surface area contributed by atoms with E-state index in [-0.39, 0.29) is 5.56 Å². The number of rotatable bonds is 4. The van der Waals surface area contributed by atoms with Crippen molar-refractivity contribution in [2.24, 2.45) is 0 Å². The van der Waals surface area contributed by atoms with Crippen LogP contribution in [0.3, 0.4) is 0 Å². The molecule has 0 fully saturated rings. The van der Waals surface area contributed by atoms with Crippen molar-refractivity contribution in [2.45, 2.75) is 26.1 Å². The van der Waals surface area contributed by atoms with Gasteiger partial charge in [-0.2, -0.15) is 13.2 Å². The summed E-state index contributed by atoms with van der Waals surface area (Å²) in [6, 6.07) is 3.72. The van der Waals surface area contributed by atoms with E-state index >= 15 is 0 Å². The van der Waals surface area contributed by atoms with Crippen molar-refractivity contribution in [3.05, 3.63) is 53.2 Å². The predicted molar refractivity (Wildman–Crippen MR) is 68.2 cm³/mol. The van der Waals surface area contributed by atoms with E-state index in [0.29, 0.717) is 18.1 Å². The van der Waals surface area contributed by atoms with Crippen LogP contribution in [0.4, 0.5) is 13.2 Å². The number of halogens is 3. The first kappa shape index (κ1) is 14.6. The van der Waals surface area contributed by atoms with Crippen molar-refractivity contribution in [1.82, 2.24) is 10.3 Å². The van der Waals surface area contributed by atoms with Gasteiger partial charge in [-0.15, -0.1) is 0 Å². The molecule has 6 heteroatoms. The van der Waals surface area contributed by atoms with E-state index in [4.69, 9.17) is 4.42 Å². The van der Waals surface area contributed by atoms with Gasteiger partial charge in [-0.25, -0.2) is 0 Å². The minimum Gasteiger partial charge on any atom is -0.464 e. The Morgan fingerprint density at radius 2 is 2.05 bits per heavy atom. The average molecular weight is 284 g/mol. The molecule has 1 atom stereocenters. The zero-order valence-corrected chi connectivity index (χ0v) is 11.2. The fraction of sp³-hybridized carbons (Fsp3) is 0.357. The first-order chi connectivity index (χ1) is 9.43. The van der Waals surface area contributed by atoms with Crippen molar-refractivity contribution in [3.63, 3.8) is 0 Å². The molecule has 2 aromatic heterocycles. The van der Waals surface area contributed by atoms with Gasteiger partial charge in [-0.05, 0) is 31.7 Å². The lowest BCUT2D eigenvalue weighted by atomic mass is 10.0. The van der Waals surface area contributed by atoms with Gasteiger partial charge in [0, 0.05) is 18.0 Å². The summed E-state index contributed by atoms with van der Waals surface area (Å²) in [5, 5.41) is 3.01. The first-order valence-electron chi connectivity index (χ1n) is 6.24. The fourth-order valence-corrected chi connectivity index (χ4v) is 2.07. The molecule has 0 aromatic carbocycles. The number of pyridine rings is 1. The molecule has 2 heterocycles. The van der Waals surface area contributed by atoms with Crippen LogP contribution in [0.5, 0.6) is 0 Å². The summed E-state index contributed by atoms with van der Waals surface area (Å²) >= 11 is 0. The molecule has 0 aliphatic rings. The normalized spacial score (nSPS) is 13.4. The molecule has 0 aliphatic heterocycles. The molecule has 20 heavy (non-hydrogen) atoms. The lowest BCUT2D eigenvalue weighted by Crippen LogP contribution is -2.25. The Bertz CT molecular complexity index is 578. The average Bonchev–Trinajstić information content (AvgIpc) is 2.81. The monoisotopic (exact) mass is 284 g/mol. The van der Waals surface area contributed by atoms with Crippen molar-refractivity contribution in [1.29, 1.82) is 0 Å². The van der Waals surface area contributed by atoms with Gasteiger partial charge in [0.15, 0.2) is 0 Å². The lowest BCUT2D eigenvalue weighted by molar-refractivity contribution is -0.138. The number of alkyl halides is 3. The second kappa shape index (κ2) is 5.66. The maximum atomic E-state index is 13.1. The van der Waals surface area contributed by atoms with Crippen LogP contribution in [0.25, 0.3) is 0 Å². The summed E-state index contributed by atoms with van der Waals surface area (Å²) in [7, 11) is 0. The summed E-state index contributed by atoms with van der Waals surface area (Å²) in [6.07, 6.45) is -2.05. The van der Waals surface area contributed by atoms with E-state index in [1.807, 2.05) is 6.92 Å². The molecule has 0 saturated carbocycles. The minimum absolute atomic E-state index is 0.0659. The Morgan fingerprint density at radius 1 is 1.30 bits per heavy atom. The highest BCUT2D eigenvalue weighted by Gasteiger charge is 2.36. The highest BCUT2D eigenvalue weighted by Crippen LogP contribution is 2.36. The van der Waals surface area contributed by atoms with Crippen LogP contribution >= 0.6 is 0 Å². The largest absolute Gasteiger partial charge is 0.464 e. The van der Waals surface area contributed by atoms with Crippen molar-refractivity contribution in [3.8, 4) is 0 Å². The number of aryl methyl sites for hydroxylation is 1. The molecule has 3 nitrogen and oxygen atoms in total. The van der Waals surface area contributed by atoms with Gasteiger partial charge in [0.05, 0.1) is 11.6 Å². The minimum atomic E-state index is -4.42. The smallest absolute Gasteiger partial charge is 0.416 e. The van der Waals surface area contributed by atoms with Gasteiger partial charge in [-0.1, -0.05) is 6.92 Å². The first-order valence-corrected chi connectivity index (χ1v) is 6.24. The maximum absolute atomic E-state index is 13.1. The molecule has 0 bridgehead atoms. The van der Waals surface area contributed by atoms with Gasteiger partial charge < -0.3 is 9.73 Å². The van der Waals surface area contributed by atoms with E-state index < -0.39 is 17.8 Å². The van der Waals surface area contributed by atoms with Crippen LogP contribution in [-0.4, -0.2) is 11.5 Å². The molecule has 2 rings (SSSR count). The molecule has 0 radical (unpaired) electrons. The van der Waals surface area contributed by atoms with Crippen molar-refractivity contribution < 1.29 is 17.6 Å². The van der Waals surface area contributed by atoms with Crippen LogP contribution in [0.15, 0.2) is 35.0 Å². The molecule has 1 N–H and O–H groups in total. The maximum Gasteiger partial charge on any atom is 0.416 e. The van der Waals surface area contributed by atoms with Crippen LogP contribution in [0, 0.1) is 6.92 Å². The van der Waals surface area contributed by atoms with Gasteiger partial charge in [0.1, 0.15) is 11.5 Å². The predicted octanol–water partition coefficient (Wildman–Crippen LogP) is 3.70. The molecule has 2 aromatic rings. The third-order valence-electron chi connectivity index (χ3n) is 2.92. The van der Waals surface area contributed by atoms with Crippen LogP contribution < -0.4 is 5.32 Å². The molecule has 0 saturated heterocycles. The number of nitrogens with zero attached hydrogens (tertiary/aromatic N) is 1. The Balaban J connectivity index is 2.50. The molecule has 0 aliphatic carbocycles. The van der Waals surface area contributed by atoms with Crippen LogP contribution in [0.2, 0.25) is 0 Å². The molecule has 0 amide bonds. The Morgan fingerprint density at radius 3 is 2.60 bits per heavy atom. The van der Waals surface area contributed by atoms with E-state index in [2.05, 4.69) is 10.3 Å². The third-order valence-corrected chi connectivity index (χ3v) is 2.92. The summed E-state index contributed by atoms with van der Waals surface area (Å²) in [5.41, 5.74) is -0.635. The second-order valence-electron chi connectivity index (χ2n) is 4.40. The van der Waals surface area contributed by atoms with E-state index in [1.54, 1.807) is 19.1 Å². The highest BCUT2D eigenvalue weighted by atomic mass is 19.4. The molecule has 1 unspecified atom stereocenters. The number of hydrogen-bond acceptors (Lipinski definition) is 3. The fourth-order valence-electron chi connectivity index (χ4n) is 2.07. The number of hydrogen-bond donors (Lipinski definition) is 1. The molecule has 0 spiro atoms. The lowest BCUT2D eigenvalue weighted by Gasteiger charge is -2.20. The topological polar surface area (TPSA) is 38.1 Å². The quantitative estimate of drug-likeness (QED) is 0.930. The number of nitrogens with one attached hydrogen (secondary N) is 1. The van der Waals surface area contributed by atoms with Crippen LogP contribution in [-0.2, 0) is 6.18 Å². The molecular weight excluding hydrogens is 269 g/mol. The Hall–Kier alpha value is -1.82.